The normalized spacial score (nSPS) is 14.2. The number of hydrogen-bond acceptors (Lipinski definition) is 5. The van der Waals surface area contributed by atoms with Gasteiger partial charge in [0, 0.05) is 6.42 Å². The summed E-state index contributed by atoms with van der Waals surface area (Å²) in [6.07, 6.45) is 65.5. The van der Waals surface area contributed by atoms with Crippen molar-refractivity contribution in [3.05, 3.63) is 36.5 Å². The molecule has 0 rings (SSSR count). The summed E-state index contributed by atoms with van der Waals surface area (Å²) >= 11 is 0. The highest BCUT2D eigenvalue weighted by Gasteiger charge is 2.27. The Morgan fingerprint density at radius 1 is 0.485 bits per heavy atom. The van der Waals surface area contributed by atoms with E-state index in [-0.39, 0.29) is 19.1 Å². The molecule has 402 valence electrons. The van der Waals surface area contributed by atoms with E-state index in [2.05, 4.69) is 43.5 Å². The van der Waals surface area contributed by atoms with Crippen LogP contribution in [-0.2, 0) is 18.4 Å². The Bertz CT molecular complexity index is 1200. The molecule has 0 aromatic rings. The zero-order valence-electron chi connectivity index (χ0n) is 45.9. The molecule has 0 saturated heterocycles. The highest BCUT2D eigenvalue weighted by atomic mass is 31.2. The fraction of sp³-hybridized carbons (Fsp3) is 0.881. The molecule has 0 radical (unpaired) electrons. The van der Waals surface area contributed by atoms with Crippen molar-refractivity contribution in [1.82, 2.24) is 5.32 Å². The number of amides is 1. The first-order chi connectivity index (χ1) is 33.0. The van der Waals surface area contributed by atoms with Gasteiger partial charge in [-0.2, -0.15) is 0 Å². The molecule has 0 heterocycles. The number of likely N-dealkylation sites (N-methyl/N-ethyl adjacent to an activating group) is 1. The van der Waals surface area contributed by atoms with Gasteiger partial charge in [-0.05, 0) is 57.8 Å². The van der Waals surface area contributed by atoms with Crippen LogP contribution in [0.1, 0.15) is 284 Å². The second kappa shape index (κ2) is 50.7. The third-order valence-corrected chi connectivity index (χ3v) is 14.3. The Morgan fingerprint density at radius 3 is 1.18 bits per heavy atom. The van der Waals surface area contributed by atoms with E-state index in [9.17, 15) is 19.4 Å². The van der Waals surface area contributed by atoms with Crippen LogP contribution in [0.5, 0.6) is 0 Å². The second-order valence-corrected chi connectivity index (χ2v) is 22.8. The van der Waals surface area contributed by atoms with E-state index in [1.807, 2.05) is 27.2 Å². The van der Waals surface area contributed by atoms with Crippen molar-refractivity contribution in [2.45, 2.75) is 296 Å². The van der Waals surface area contributed by atoms with Crippen molar-refractivity contribution < 1.29 is 32.9 Å². The highest BCUT2D eigenvalue weighted by molar-refractivity contribution is 7.47. The third-order valence-electron chi connectivity index (χ3n) is 13.3. The lowest BCUT2D eigenvalue weighted by atomic mass is 10.0. The molecule has 0 spiro atoms. The zero-order chi connectivity index (χ0) is 49.9. The number of aliphatic hydroxyl groups is 1. The van der Waals surface area contributed by atoms with Crippen LogP contribution in [-0.4, -0.2) is 73.4 Å². The minimum Gasteiger partial charge on any atom is -0.387 e. The average molecular weight is 981 g/mol. The van der Waals surface area contributed by atoms with Gasteiger partial charge in [-0.15, -0.1) is 0 Å². The number of allylic oxidation sites excluding steroid dienone is 5. The largest absolute Gasteiger partial charge is 0.472 e. The summed E-state index contributed by atoms with van der Waals surface area (Å²) in [7, 11) is 1.56. The van der Waals surface area contributed by atoms with Crippen molar-refractivity contribution in [3.8, 4) is 0 Å². The predicted molar refractivity (Wildman–Crippen MR) is 295 cm³/mol. The van der Waals surface area contributed by atoms with Crippen LogP contribution >= 0.6 is 7.82 Å². The van der Waals surface area contributed by atoms with Crippen LogP contribution in [0, 0.1) is 0 Å². The lowest BCUT2D eigenvalue weighted by Gasteiger charge is -2.25. The lowest BCUT2D eigenvalue weighted by molar-refractivity contribution is -0.870. The maximum atomic E-state index is 12.9. The quantitative estimate of drug-likeness (QED) is 0.0243. The van der Waals surface area contributed by atoms with Crippen molar-refractivity contribution in [2.24, 2.45) is 0 Å². The van der Waals surface area contributed by atoms with E-state index in [0.29, 0.717) is 17.4 Å². The lowest BCUT2D eigenvalue weighted by Crippen LogP contribution is -2.45. The van der Waals surface area contributed by atoms with Gasteiger partial charge < -0.3 is 19.8 Å². The molecule has 0 saturated carbocycles. The topological polar surface area (TPSA) is 105 Å². The molecule has 9 heteroatoms. The number of nitrogens with one attached hydrogen (secondary N) is 1. The number of rotatable bonds is 54. The fourth-order valence-corrected chi connectivity index (χ4v) is 9.44. The minimum absolute atomic E-state index is 0.0550. The number of aliphatic hydroxyl groups excluding tert-OH is 1. The number of carbonyl (C=O) groups is 1. The van der Waals surface area contributed by atoms with Gasteiger partial charge >= 0.3 is 7.82 Å². The smallest absolute Gasteiger partial charge is 0.387 e. The van der Waals surface area contributed by atoms with E-state index in [0.717, 1.165) is 51.4 Å². The third kappa shape index (κ3) is 52.5. The van der Waals surface area contributed by atoms with Crippen LogP contribution in [0.4, 0.5) is 0 Å². The Labute approximate surface area is 423 Å². The fourth-order valence-electron chi connectivity index (χ4n) is 8.70. The van der Waals surface area contributed by atoms with Crippen molar-refractivity contribution in [2.75, 3.05) is 40.9 Å². The Morgan fingerprint density at radius 2 is 0.809 bits per heavy atom. The van der Waals surface area contributed by atoms with E-state index in [4.69, 9.17) is 9.05 Å². The summed E-state index contributed by atoms with van der Waals surface area (Å²) in [5.41, 5.74) is 0. The second-order valence-electron chi connectivity index (χ2n) is 21.4. The molecule has 1 amide bonds. The molecule has 0 aromatic heterocycles. The molecule has 0 bridgehead atoms. The van der Waals surface area contributed by atoms with Crippen molar-refractivity contribution in [1.29, 1.82) is 0 Å². The van der Waals surface area contributed by atoms with E-state index in [1.165, 1.54) is 212 Å². The zero-order valence-corrected chi connectivity index (χ0v) is 46.8. The molecule has 0 aromatic carbocycles. The summed E-state index contributed by atoms with van der Waals surface area (Å²) in [4.78, 5) is 23.2. The van der Waals surface area contributed by atoms with Gasteiger partial charge in [0.2, 0.25) is 5.91 Å². The number of hydrogen-bond donors (Lipinski definition) is 3. The number of quaternary nitrogens is 1. The van der Waals surface area contributed by atoms with E-state index >= 15 is 0 Å². The van der Waals surface area contributed by atoms with Crippen molar-refractivity contribution >= 4 is 13.7 Å². The predicted octanol–water partition coefficient (Wildman–Crippen LogP) is 17.8. The molecule has 0 aliphatic carbocycles. The number of carbonyl (C=O) groups excluding carboxylic acids is 1. The van der Waals surface area contributed by atoms with Gasteiger partial charge in [-0.1, -0.05) is 256 Å². The maximum Gasteiger partial charge on any atom is 0.472 e. The molecule has 0 aliphatic heterocycles. The van der Waals surface area contributed by atoms with Crippen molar-refractivity contribution in [3.63, 3.8) is 0 Å². The molecule has 0 fully saturated rings. The molecule has 3 atom stereocenters. The number of nitrogens with zero attached hydrogens (tertiary/aromatic N) is 1. The SMILES string of the molecule is CCCCCCCC/C=C\CCCCCCCC(=O)NC(COP(=O)(O)OCC[N+](C)(C)C)C(O)/C=C/CC/C=C/CCCCCCCCCCCCCCCCCCCCCCCCCCC. The Hall–Kier alpha value is -1.28. The highest BCUT2D eigenvalue weighted by Crippen LogP contribution is 2.43. The standard InChI is InChI=1S/C59H115N2O6P/c1-6-8-10-12-14-16-18-20-22-23-24-25-26-27-28-29-30-31-32-33-34-35-36-37-39-40-42-44-46-48-50-52-58(62)57(56-67-68(64,65)66-55-54-61(3,4)5)60-59(63)53-51-49-47-45-43-41-38-21-19-17-15-13-11-9-7-2/h21,38,42,44,50,52,57-58,62H,6-20,22-37,39-41,43,45-49,51,53-56H2,1-5H3,(H-,60,63,64,65)/p+1/b38-21-,44-42+,52-50+. The Kier molecular flexibility index (Phi) is 49.7. The molecule has 8 nitrogen and oxygen atoms in total. The van der Waals surface area contributed by atoms with Gasteiger partial charge in [-0.3, -0.25) is 13.8 Å². The van der Waals surface area contributed by atoms with Gasteiger partial charge in [0.25, 0.3) is 0 Å². The number of phosphoric acid groups is 1. The molecule has 68 heavy (non-hydrogen) atoms. The average Bonchev–Trinajstić information content (AvgIpc) is 3.30. The van der Waals surface area contributed by atoms with Gasteiger partial charge in [0.15, 0.2) is 0 Å². The molecular formula is C59H116N2O6P+. The first-order valence-corrected chi connectivity index (χ1v) is 30.9. The van der Waals surface area contributed by atoms with Crippen LogP contribution in [0.25, 0.3) is 0 Å². The molecule has 3 unspecified atom stereocenters. The maximum absolute atomic E-state index is 12.9. The first-order valence-electron chi connectivity index (χ1n) is 29.4. The van der Waals surface area contributed by atoms with Gasteiger partial charge in [0.1, 0.15) is 13.2 Å². The van der Waals surface area contributed by atoms with Gasteiger partial charge in [0.05, 0.1) is 39.9 Å². The minimum atomic E-state index is -4.35. The summed E-state index contributed by atoms with van der Waals surface area (Å²) in [6, 6.07) is -0.867. The summed E-state index contributed by atoms with van der Waals surface area (Å²) in [5, 5.41) is 13.9. The molecule has 0 aliphatic rings. The molecular weight excluding hydrogens is 864 g/mol. The first kappa shape index (κ1) is 66.7. The van der Waals surface area contributed by atoms with Crippen LogP contribution in [0.3, 0.4) is 0 Å². The van der Waals surface area contributed by atoms with Crippen LogP contribution in [0.15, 0.2) is 36.5 Å². The summed E-state index contributed by atoms with van der Waals surface area (Å²) in [6.45, 7) is 4.81. The number of unbranched alkanes of at least 4 members (excludes halogenated alkanes) is 37. The van der Waals surface area contributed by atoms with E-state index in [1.54, 1.807) is 6.08 Å². The Balaban J connectivity index is 4.14. The van der Waals surface area contributed by atoms with Gasteiger partial charge in [-0.25, -0.2) is 4.57 Å². The van der Waals surface area contributed by atoms with E-state index < -0.39 is 20.0 Å². The molecule has 3 N–H and O–H groups in total. The summed E-state index contributed by atoms with van der Waals surface area (Å²) in [5.74, 6) is -0.193. The van der Waals surface area contributed by atoms with Crippen LogP contribution in [0.2, 0.25) is 0 Å². The van der Waals surface area contributed by atoms with Crippen LogP contribution < -0.4 is 5.32 Å². The summed E-state index contributed by atoms with van der Waals surface area (Å²) < 4.78 is 23.7. The number of phosphoric ester groups is 1. The monoisotopic (exact) mass is 980 g/mol.